The number of carboxylic acid groups (broad SMARTS) is 1. The number of likely N-dealkylation sites (N-methyl/N-ethyl adjacent to an activating group) is 1. The lowest BCUT2D eigenvalue weighted by Gasteiger charge is -2.28. The van der Waals surface area contributed by atoms with Crippen LogP contribution in [0.25, 0.3) is 0 Å². The van der Waals surface area contributed by atoms with Crippen molar-refractivity contribution in [3.8, 4) is 0 Å². The summed E-state index contributed by atoms with van der Waals surface area (Å²) in [4.78, 5) is 27.0. The molecule has 1 aromatic heterocycles. The van der Waals surface area contributed by atoms with E-state index in [2.05, 4.69) is 4.98 Å². The molecular formula is C12H15N3O5. The summed E-state index contributed by atoms with van der Waals surface area (Å²) in [5.41, 5.74) is -0.518. The summed E-state index contributed by atoms with van der Waals surface area (Å²) in [6.45, 7) is 2.51. The third-order valence-corrected chi connectivity index (χ3v) is 3.46. The van der Waals surface area contributed by atoms with Gasteiger partial charge in [-0.1, -0.05) is 0 Å². The molecule has 0 aromatic carbocycles. The quantitative estimate of drug-likeness (QED) is 0.654. The summed E-state index contributed by atoms with van der Waals surface area (Å²) in [6.07, 6.45) is 1.78. The number of anilines is 1. The van der Waals surface area contributed by atoms with Crippen molar-refractivity contribution in [3.63, 3.8) is 0 Å². The van der Waals surface area contributed by atoms with Gasteiger partial charge in [0.2, 0.25) is 0 Å². The first-order valence-corrected chi connectivity index (χ1v) is 6.14. The standard InChI is InChI=1S/C12H15N3O5/c1-7-10(3-4-20-7)14(2)11-9(12(16)17)5-8(6-13-11)15(18)19/h5-7,10H,3-4H2,1-2H3,(H,16,17). The Morgan fingerprint density at radius 3 is 2.85 bits per heavy atom. The lowest BCUT2D eigenvalue weighted by molar-refractivity contribution is -0.385. The first-order chi connectivity index (χ1) is 9.41. The summed E-state index contributed by atoms with van der Waals surface area (Å²) in [6, 6.07) is 1.03. The zero-order valence-corrected chi connectivity index (χ0v) is 11.1. The molecule has 2 unspecified atom stereocenters. The van der Waals surface area contributed by atoms with Crippen molar-refractivity contribution < 1.29 is 19.6 Å². The van der Waals surface area contributed by atoms with Gasteiger partial charge in [-0.05, 0) is 13.3 Å². The van der Waals surface area contributed by atoms with Crippen LogP contribution >= 0.6 is 0 Å². The average molecular weight is 281 g/mol. The van der Waals surface area contributed by atoms with E-state index in [0.717, 1.165) is 18.7 Å². The summed E-state index contributed by atoms with van der Waals surface area (Å²) in [7, 11) is 1.72. The number of carboxylic acids is 1. The molecule has 1 saturated heterocycles. The molecule has 0 saturated carbocycles. The zero-order chi connectivity index (χ0) is 14.9. The minimum Gasteiger partial charge on any atom is -0.478 e. The Labute approximate surface area is 115 Å². The summed E-state index contributed by atoms with van der Waals surface area (Å²) < 4.78 is 5.45. The lowest BCUT2D eigenvalue weighted by Crippen LogP contribution is -2.38. The number of rotatable bonds is 4. The molecule has 2 heterocycles. The monoisotopic (exact) mass is 281 g/mol. The maximum Gasteiger partial charge on any atom is 0.339 e. The minimum absolute atomic E-state index is 0.00190. The van der Waals surface area contributed by atoms with Crippen LogP contribution in [-0.2, 0) is 4.74 Å². The first-order valence-electron chi connectivity index (χ1n) is 6.14. The van der Waals surface area contributed by atoms with Crippen molar-refractivity contribution in [1.29, 1.82) is 0 Å². The number of aromatic nitrogens is 1. The Bertz CT molecular complexity index is 548. The highest BCUT2D eigenvalue weighted by Gasteiger charge is 2.31. The van der Waals surface area contributed by atoms with Gasteiger partial charge in [-0.3, -0.25) is 10.1 Å². The maximum absolute atomic E-state index is 11.3. The first kappa shape index (κ1) is 14.2. The fourth-order valence-electron chi connectivity index (χ4n) is 2.37. The Morgan fingerprint density at radius 1 is 1.65 bits per heavy atom. The molecule has 8 nitrogen and oxygen atoms in total. The van der Waals surface area contributed by atoms with Crippen LogP contribution in [0.2, 0.25) is 0 Å². The van der Waals surface area contributed by atoms with Crippen LogP contribution in [0, 0.1) is 10.1 Å². The fraction of sp³-hybridized carbons (Fsp3) is 0.500. The minimum atomic E-state index is -1.24. The third kappa shape index (κ3) is 2.55. The smallest absolute Gasteiger partial charge is 0.339 e. The van der Waals surface area contributed by atoms with Crippen molar-refractivity contribution in [2.75, 3.05) is 18.6 Å². The van der Waals surface area contributed by atoms with Gasteiger partial charge in [-0.2, -0.15) is 0 Å². The molecule has 1 N–H and O–H groups in total. The van der Waals surface area contributed by atoms with Gasteiger partial charge in [0.25, 0.3) is 5.69 Å². The normalized spacial score (nSPS) is 21.7. The van der Waals surface area contributed by atoms with E-state index in [4.69, 9.17) is 4.74 Å². The fourth-order valence-corrected chi connectivity index (χ4v) is 2.37. The van der Waals surface area contributed by atoms with Crippen LogP contribution in [-0.4, -0.2) is 46.8 Å². The number of pyridine rings is 1. The highest BCUT2D eigenvalue weighted by atomic mass is 16.6. The molecule has 8 heteroatoms. The zero-order valence-electron chi connectivity index (χ0n) is 11.1. The van der Waals surface area contributed by atoms with E-state index < -0.39 is 10.9 Å². The van der Waals surface area contributed by atoms with Crippen molar-refractivity contribution in [3.05, 3.63) is 27.9 Å². The van der Waals surface area contributed by atoms with Gasteiger partial charge in [0.05, 0.1) is 17.1 Å². The van der Waals surface area contributed by atoms with Gasteiger partial charge in [-0.15, -0.1) is 0 Å². The molecule has 2 rings (SSSR count). The van der Waals surface area contributed by atoms with E-state index in [-0.39, 0.29) is 29.2 Å². The van der Waals surface area contributed by atoms with Gasteiger partial charge in [0.15, 0.2) is 0 Å². The topological polar surface area (TPSA) is 106 Å². The van der Waals surface area contributed by atoms with E-state index in [0.29, 0.717) is 6.61 Å². The number of hydrogen-bond acceptors (Lipinski definition) is 6. The van der Waals surface area contributed by atoms with Crippen LogP contribution in [0.15, 0.2) is 12.3 Å². The summed E-state index contributed by atoms with van der Waals surface area (Å²) in [5, 5.41) is 19.9. The Hall–Kier alpha value is -2.22. The molecule has 0 aliphatic carbocycles. The van der Waals surface area contributed by atoms with E-state index in [1.54, 1.807) is 11.9 Å². The largest absolute Gasteiger partial charge is 0.478 e. The molecule has 20 heavy (non-hydrogen) atoms. The number of aromatic carboxylic acids is 1. The van der Waals surface area contributed by atoms with Gasteiger partial charge < -0.3 is 14.7 Å². The van der Waals surface area contributed by atoms with E-state index >= 15 is 0 Å². The molecule has 108 valence electrons. The van der Waals surface area contributed by atoms with Gasteiger partial charge in [0, 0.05) is 19.7 Å². The predicted octanol–water partition coefficient (Wildman–Crippen LogP) is 1.30. The molecule has 0 spiro atoms. The number of carbonyl (C=O) groups is 1. The Morgan fingerprint density at radius 2 is 2.35 bits per heavy atom. The van der Waals surface area contributed by atoms with Crippen molar-refractivity contribution in [1.82, 2.24) is 4.98 Å². The average Bonchev–Trinajstić information content (AvgIpc) is 2.83. The second kappa shape index (κ2) is 5.41. The second-order valence-corrected chi connectivity index (χ2v) is 4.67. The van der Waals surface area contributed by atoms with Gasteiger partial charge in [-0.25, -0.2) is 9.78 Å². The van der Waals surface area contributed by atoms with Crippen molar-refractivity contribution in [2.24, 2.45) is 0 Å². The van der Waals surface area contributed by atoms with Crippen LogP contribution in [0.4, 0.5) is 11.5 Å². The molecule has 1 fully saturated rings. The van der Waals surface area contributed by atoms with E-state index in [1.165, 1.54) is 0 Å². The van der Waals surface area contributed by atoms with E-state index in [1.807, 2.05) is 6.92 Å². The maximum atomic E-state index is 11.3. The summed E-state index contributed by atoms with van der Waals surface area (Å²) >= 11 is 0. The lowest BCUT2D eigenvalue weighted by atomic mass is 10.1. The molecular weight excluding hydrogens is 266 g/mol. The predicted molar refractivity (Wildman–Crippen MR) is 70.1 cm³/mol. The van der Waals surface area contributed by atoms with Gasteiger partial charge in [0.1, 0.15) is 17.6 Å². The van der Waals surface area contributed by atoms with Crippen LogP contribution in [0.1, 0.15) is 23.7 Å². The third-order valence-electron chi connectivity index (χ3n) is 3.46. The second-order valence-electron chi connectivity index (χ2n) is 4.67. The van der Waals surface area contributed by atoms with Crippen LogP contribution in [0.3, 0.4) is 0 Å². The molecule has 1 aromatic rings. The van der Waals surface area contributed by atoms with Crippen molar-refractivity contribution in [2.45, 2.75) is 25.5 Å². The molecule has 0 radical (unpaired) electrons. The SMILES string of the molecule is CC1OCCC1N(C)c1ncc([N+](=O)[O-])cc1C(=O)O. The summed E-state index contributed by atoms with van der Waals surface area (Å²) in [5.74, 6) is -1.03. The van der Waals surface area contributed by atoms with Crippen LogP contribution in [0.5, 0.6) is 0 Å². The number of hydrogen-bond donors (Lipinski definition) is 1. The Balaban J connectivity index is 2.40. The Kier molecular flexibility index (Phi) is 3.84. The molecule has 1 aliphatic heterocycles. The van der Waals surface area contributed by atoms with Crippen molar-refractivity contribution >= 4 is 17.5 Å². The van der Waals surface area contributed by atoms with E-state index in [9.17, 15) is 20.0 Å². The highest BCUT2D eigenvalue weighted by molar-refractivity contribution is 5.94. The van der Waals surface area contributed by atoms with Gasteiger partial charge >= 0.3 is 5.97 Å². The number of nitrogens with zero attached hydrogens (tertiary/aromatic N) is 3. The number of nitro groups is 1. The molecule has 0 bridgehead atoms. The number of ether oxygens (including phenoxy) is 1. The highest BCUT2D eigenvalue weighted by Crippen LogP contribution is 2.27. The van der Waals surface area contributed by atoms with Crippen LogP contribution < -0.4 is 4.90 Å². The molecule has 1 aliphatic rings. The molecule has 2 atom stereocenters. The molecule has 0 amide bonds.